The molecule has 1 amide bonds. The average Bonchev–Trinajstić information content (AvgIpc) is 2.70. The molecule has 0 saturated heterocycles. The number of rotatable bonds is 20. The van der Waals surface area contributed by atoms with Gasteiger partial charge in [0.1, 0.15) is 0 Å². The van der Waals surface area contributed by atoms with Crippen molar-refractivity contribution >= 4 is 11.9 Å². The van der Waals surface area contributed by atoms with E-state index in [9.17, 15) is 19.8 Å². The minimum atomic E-state index is -0.875. The van der Waals surface area contributed by atoms with Gasteiger partial charge in [-0.15, -0.1) is 0 Å². The summed E-state index contributed by atoms with van der Waals surface area (Å²) >= 11 is 0. The molecule has 0 aromatic carbocycles. The molecule has 0 fully saturated rings. The molecule has 6 nitrogen and oxygen atoms in total. The molecule has 0 radical (unpaired) electrons. The first-order valence-electron chi connectivity index (χ1n) is 12.8. The quantitative estimate of drug-likeness (QED) is 0.136. The number of likely N-dealkylation sites (N-methyl/N-ethyl adjacent to an activating group) is 1. The second-order valence-corrected chi connectivity index (χ2v) is 10.00. The van der Waals surface area contributed by atoms with Crippen LogP contribution in [-0.2, 0) is 9.59 Å². The lowest BCUT2D eigenvalue weighted by molar-refractivity contribution is -0.888. The van der Waals surface area contributed by atoms with Gasteiger partial charge in [0.05, 0.1) is 33.3 Å². The summed E-state index contributed by atoms with van der Waals surface area (Å²) in [7, 11) is 5.54. The Hall–Kier alpha value is -1.40. The van der Waals surface area contributed by atoms with Crippen molar-refractivity contribution in [2.45, 2.75) is 122 Å². The number of carboxylic acids is 1. The van der Waals surface area contributed by atoms with Crippen molar-refractivity contribution in [1.82, 2.24) is 5.32 Å². The zero-order valence-corrected chi connectivity index (χ0v) is 21.4. The number of aliphatic carboxylic acids is 1. The van der Waals surface area contributed by atoms with Gasteiger partial charge in [-0.25, -0.2) is 4.79 Å². The van der Waals surface area contributed by atoms with Crippen molar-refractivity contribution in [3.05, 3.63) is 12.2 Å². The van der Waals surface area contributed by atoms with Gasteiger partial charge in [-0.1, -0.05) is 70.9 Å². The van der Waals surface area contributed by atoms with Crippen molar-refractivity contribution in [3.63, 3.8) is 0 Å². The van der Waals surface area contributed by atoms with Crippen LogP contribution < -0.4 is 5.32 Å². The number of carbonyl (C=O) groups excluding carboxylic acids is 1. The number of quaternary nitrogens is 1. The minimum Gasteiger partial charge on any atom is -0.477 e. The highest BCUT2D eigenvalue weighted by Crippen LogP contribution is 2.13. The highest BCUT2D eigenvalue weighted by molar-refractivity contribution is 5.78. The van der Waals surface area contributed by atoms with Crippen molar-refractivity contribution in [1.29, 1.82) is 0 Å². The second-order valence-electron chi connectivity index (χ2n) is 10.00. The number of unbranched alkanes of at least 4 members (excludes halogenated alkanes) is 8. The second kappa shape index (κ2) is 18.1. The molecule has 0 aliphatic heterocycles. The Morgan fingerprint density at radius 2 is 1.53 bits per heavy atom. The Balaban J connectivity index is 3.87. The number of hydrogen-bond acceptors (Lipinski definition) is 3. The molecule has 6 heteroatoms. The van der Waals surface area contributed by atoms with E-state index in [4.69, 9.17) is 0 Å². The maximum absolute atomic E-state index is 12.3. The maximum atomic E-state index is 12.3. The molecule has 0 saturated carbocycles. The molecule has 188 valence electrons. The van der Waals surface area contributed by atoms with Crippen LogP contribution in [0.1, 0.15) is 104 Å². The summed E-state index contributed by atoms with van der Waals surface area (Å²) in [5, 5.41) is 22.5. The number of carbonyl (C=O) groups is 2. The van der Waals surface area contributed by atoms with Crippen LogP contribution in [0.25, 0.3) is 0 Å². The third-order valence-electron chi connectivity index (χ3n) is 6.00. The van der Waals surface area contributed by atoms with E-state index in [-0.39, 0.29) is 22.5 Å². The summed E-state index contributed by atoms with van der Waals surface area (Å²) in [5.74, 6) is -0.923. The van der Waals surface area contributed by atoms with Crippen molar-refractivity contribution in [3.8, 4) is 0 Å². The number of aliphatic hydroxyl groups is 1. The number of carboxylic acid groups (broad SMARTS) is 1. The Morgan fingerprint density at radius 3 is 2.12 bits per heavy atom. The largest absolute Gasteiger partial charge is 0.477 e. The molecule has 3 N–H and O–H groups in total. The van der Waals surface area contributed by atoms with Gasteiger partial charge in [-0.3, -0.25) is 4.79 Å². The number of amides is 1. The zero-order valence-electron chi connectivity index (χ0n) is 21.4. The van der Waals surface area contributed by atoms with E-state index in [1.54, 1.807) is 0 Å². The van der Waals surface area contributed by atoms with Crippen molar-refractivity contribution in [2.75, 3.05) is 21.1 Å². The summed E-state index contributed by atoms with van der Waals surface area (Å²) < 4.78 is 0.278. The molecule has 0 spiro atoms. The van der Waals surface area contributed by atoms with Crippen LogP contribution in [0.5, 0.6) is 0 Å². The summed E-state index contributed by atoms with van der Waals surface area (Å²) in [6.45, 7) is 4.11. The molecule has 32 heavy (non-hydrogen) atoms. The Labute approximate surface area is 197 Å². The number of aliphatic hydroxyl groups excluding tert-OH is 1. The fraction of sp³-hybridized carbons (Fsp3) is 0.846. The molecule has 0 aliphatic rings. The standard InChI is InChI=1S/C26H50N2O4/c1-6-8-9-16-19-22(29)20-17-14-12-10-11-13-15-18-21-24(30)27-23(7-2)25(26(31)32)28(3,4)5/h14,17,22-23,25,29H,6-13,15-16,18-21H2,1-5H3,(H-,27,30,31,32)/p+1/b17-14-/t22-,23?,25?/m1/s1. The first-order valence-corrected chi connectivity index (χ1v) is 12.8. The lowest BCUT2D eigenvalue weighted by atomic mass is 10.0. The maximum Gasteiger partial charge on any atom is 0.364 e. The first kappa shape index (κ1) is 30.6. The molecule has 0 bridgehead atoms. The van der Waals surface area contributed by atoms with Crippen LogP contribution >= 0.6 is 0 Å². The third-order valence-corrected chi connectivity index (χ3v) is 6.00. The van der Waals surface area contributed by atoms with E-state index in [1.165, 1.54) is 19.3 Å². The number of nitrogens with one attached hydrogen (secondary N) is 1. The molecule has 0 aromatic rings. The fourth-order valence-electron chi connectivity index (χ4n) is 4.10. The topological polar surface area (TPSA) is 86.6 Å². The lowest BCUT2D eigenvalue weighted by Gasteiger charge is -2.36. The van der Waals surface area contributed by atoms with Gasteiger partial charge in [0.25, 0.3) is 0 Å². The van der Waals surface area contributed by atoms with Crippen molar-refractivity contribution in [2.24, 2.45) is 0 Å². The predicted octanol–water partition coefficient (Wildman–Crippen LogP) is 5.05. The molecule has 0 rings (SSSR count). The van der Waals surface area contributed by atoms with Gasteiger partial charge in [-0.05, 0) is 38.5 Å². The van der Waals surface area contributed by atoms with Gasteiger partial charge in [0, 0.05) is 6.42 Å². The molecule has 0 aliphatic carbocycles. The summed E-state index contributed by atoms with van der Waals surface area (Å²) in [4.78, 5) is 24.0. The van der Waals surface area contributed by atoms with E-state index in [0.717, 1.165) is 57.8 Å². The first-order chi connectivity index (χ1) is 15.1. The summed E-state index contributed by atoms with van der Waals surface area (Å²) in [5.41, 5.74) is 0. The van der Waals surface area contributed by atoms with E-state index < -0.39 is 12.0 Å². The van der Waals surface area contributed by atoms with E-state index in [0.29, 0.717) is 12.8 Å². The summed E-state index contributed by atoms with van der Waals surface area (Å²) in [6, 6.07) is -1.01. The fourth-order valence-corrected chi connectivity index (χ4v) is 4.10. The molecular weight excluding hydrogens is 404 g/mol. The van der Waals surface area contributed by atoms with Crippen LogP contribution in [0.3, 0.4) is 0 Å². The number of allylic oxidation sites excluding steroid dienone is 1. The smallest absolute Gasteiger partial charge is 0.364 e. The Morgan fingerprint density at radius 1 is 0.906 bits per heavy atom. The van der Waals surface area contributed by atoms with Gasteiger partial charge in [0.2, 0.25) is 11.9 Å². The molecule has 0 aromatic heterocycles. The van der Waals surface area contributed by atoms with Crippen LogP contribution in [0.4, 0.5) is 0 Å². The third kappa shape index (κ3) is 15.4. The Kier molecular flexibility index (Phi) is 17.3. The molecule has 2 unspecified atom stereocenters. The van der Waals surface area contributed by atoms with Gasteiger partial charge >= 0.3 is 5.97 Å². The van der Waals surface area contributed by atoms with Gasteiger partial charge in [-0.2, -0.15) is 0 Å². The van der Waals surface area contributed by atoms with Crippen LogP contribution in [0.15, 0.2) is 12.2 Å². The minimum absolute atomic E-state index is 0.0484. The van der Waals surface area contributed by atoms with Gasteiger partial charge < -0.3 is 20.0 Å². The highest BCUT2D eigenvalue weighted by Gasteiger charge is 2.39. The summed E-state index contributed by atoms with van der Waals surface area (Å²) in [6.07, 6.45) is 17.9. The molecule has 0 heterocycles. The Bertz CT molecular complexity index is 528. The SMILES string of the molecule is CCCCCC[C@@H](O)C/C=C\CCCCCCCC(=O)NC(CC)C(C(=O)O)[N+](C)(C)C. The van der Waals surface area contributed by atoms with Gasteiger partial charge in [0.15, 0.2) is 0 Å². The highest BCUT2D eigenvalue weighted by atomic mass is 16.4. The average molecular weight is 456 g/mol. The van der Waals surface area contributed by atoms with E-state index in [2.05, 4.69) is 24.4 Å². The van der Waals surface area contributed by atoms with Crippen LogP contribution in [0, 0.1) is 0 Å². The van der Waals surface area contributed by atoms with E-state index >= 15 is 0 Å². The monoisotopic (exact) mass is 455 g/mol. The van der Waals surface area contributed by atoms with Crippen LogP contribution in [0.2, 0.25) is 0 Å². The van der Waals surface area contributed by atoms with Crippen LogP contribution in [-0.4, -0.2) is 65.9 Å². The number of hydrogen-bond donors (Lipinski definition) is 3. The van der Waals surface area contributed by atoms with E-state index in [1.807, 2.05) is 28.1 Å². The molecular formula is C26H51N2O4+. The predicted molar refractivity (Wildman–Crippen MR) is 133 cm³/mol. The molecule has 3 atom stereocenters. The zero-order chi connectivity index (χ0) is 24.4. The number of nitrogens with zero attached hydrogens (tertiary/aromatic N) is 1. The normalized spacial score (nSPS) is 14.9. The van der Waals surface area contributed by atoms with Crippen molar-refractivity contribution < 1.29 is 24.3 Å². The lowest BCUT2D eigenvalue weighted by Crippen LogP contribution is -2.60.